The van der Waals surface area contributed by atoms with Gasteiger partial charge in [0.05, 0.1) is 17.9 Å². The van der Waals surface area contributed by atoms with Crippen LogP contribution in [0.15, 0.2) is 42.5 Å². The molecule has 0 radical (unpaired) electrons. The highest BCUT2D eigenvalue weighted by Crippen LogP contribution is 2.29. The number of aromatic nitrogens is 1. The molecule has 0 saturated carbocycles. The molecule has 36 heavy (non-hydrogen) atoms. The molecular weight excluding hydrogens is 492 g/mol. The summed E-state index contributed by atoms with van der Waals surface area (Å²) in [5.41, 5.74) is 1.73. The van der Waals surface area contributed by atoms with Gasteiger partial charge >= 0.3 is 6.09 Å². The number of anilines is 2. The average molecular weight is 516 g/mol. The molecule has 2 fully saturated rings. The van der Waals surface area contributed by atoms with E-state index in [4.69, 9.17) is 4.74 Å². The number of carbonyl (C=O) groups excluding carboxylic acids is 3. The molecule has 2 saturated heterocycles. The SMILES string of the molecule is CN(C(=O)S)C1CN(c2ccc(N3CCN(C(=O)c4cc5cc(F)ccc5[nH]4)CC3)c(F)c2)C(=O)O1. The number of hydrogen-bond acceptors (Lipinski definition) is 5. The summed E-state index contributed by atoms with van der Waals surface area (Å²) in [5, 5.41) is 0.0726. The maximum atomic E-state index is 15.1. The molecular formula is C24H23F2N5O4S. The number of aromatic amines is 1. The van der Waals surface area contributed by atoms with Crippen molar-refractivity contribution >= 4 is 52.1 Å². The van der Waals surface area contributed by atoms with Crippen molar-refractivity contribution in [2.45, 2.75) is 6.23 Å². The van der Waals surface area contributed by atoms with E-state index in [2.05, 4.69) is 17.6 Å². The first-order valence-corrected chi connectivity index (χ1v) is 11.7. The monoisotopic (exact) mass is 515 g/mol. The van der Waals surface area contributed by atoms with Crippen molar-refractivity contribution < 1.29 is 27.9 Å². The van der Waals surface area contributed by atoms with E-state index in [1.165, 1.54) is 35.0 Å². The van der Waals surface area contributed by atoms with Crippen molar-refractivity contribution in [1.82, 2.24) is 14.8 Å². The predicted octanol–water partition coefficient (Wildman–Crippen LogP) is 3.67. The van der Waals surface area contributed by atoms with Gasteiger partial charge in [0.15, 0.2) is 6.23 Å². The number of hydrogen-bond donors (Lipinski definition) is 2. The Morgan fingerprint density at radius 2 is 1.83 bits per heavy atom. The Balaban J connectivity index is 1.23. The Kier molecular flexibility index (Phi) is 6.20. The van der Waals surface area contributed by atoms with E-state index in [9.17, 15) is 18.8 Å². The van der Waals surface area contributed by atoms with Gasteiger partial charge in [-0.05, 0) is 42.5 Å². The average Bonchev–Trinajstić information content (AvgIpc) is 3.46. The number of nitrogens with one attached hydrogen (secondary N) is 1. The molecule has 2 aliphatic heterocycles. The number of benzene rings is 2. The molecule has 3 heterocycles. The van der Waals surface area contributed by atoms with Crippen molar-refractivity contribution in [2.75, 3.05) is 49.6 Å². The second-order valence-corrected chi connectivity index (χ2v) is 9.05. The minimum atomic E-state index is -0.813. The maximum Gasteiger partial charge on any atom is 0.416 e. The third-order valence-electron chi connectivity index (χ3n) is 6.49. The lowest BCUT2D eigenvalue weighted by atomic mass is 10.2. The molecule has 2 aromatic carbocycles. The first-order chi connectivity index (χ1) is 17.2. The summed E-state index contributed by atoms with van der Waals surface area (Å²) < 4.78 is 33.7. The van der Waals surface area contributed by atoms with E-state index in [1.807, 2.05) is 4.90 Å². The van der Waals surface area contributed by atoms with Gasteiger partial charge in [0.1, 0.15) is 17.3 Å². The number of halogens is 2. The number of ether oxygens (including phenoxy) is 1. The van der Waals surface area contributed by atoms with Crippen LogP contribution in [0.1, 0.15) is 10.5 Å². The fourth-order valence-electron chi connectivity index (χ4n) is 4.44. The summed E-state index contributed by atoms with van der Waals surface area (Å²) in [6, 6.07) is 10.4. The van der Waals surface area contributed by atoms with Crippen LogP contribution in [0.5, 0.6) is 0 Å². The van der Waals surface area contributed by atoms with Crippen molar-refractivity contribution in [3.8, 4) is 0 Å². The van der Waals surface area contributed by atoms with Gasteiger partial charge in [-0.1, -0.05) is 12.6 Å². The lowest BCUT2D eigenvalue weighted by Gasteiger charge is -2.36. The van der Waals surface area contributed by atoms with Crippen LogP contribution in [0.3, 0.4) is 0 Å². The summed E-state index contributed by atoms with van der Waals surface area (Å²) in [6.07, 6.45) is -1.49. The van der Waals surface area contributed by atoms with Crippen LogP contribution >= 0.6 is 12.6 Å². The summed E-state index contributed by atoms with van der Waals surface area (Å²) >= 11 is 3.73. The number of nitrogens with zero attached hydrogens (tertiary/aromatic N) is 4. The lowest BCUT2D eigenvalue weighted by molar-refractivity contribution is 0.0669. The lowest BCUT2D eigenvalue weighted by Crippen LogP contribution is -2.49. The van der Waals surface area contributed by atoms with E-state index in [0.29, 0.717) is 54.2 Å². The highest BCUT2D eigenvalue weighted by atomic mass is 32.1. The van der Waals surface area contributed by atoms with Gasteiger partial charge in [0.2, 0.25) is 0 Å². The smallest absolute Gasteiger partial charge is 0.416 e. The van der Waals surface area contributed by atoms with E-state index >= 15 is 4.39 Å². The van der Waals surface area contributed by atoms with Crippen LogP contribution in [-0.4, -0.2) is 78.0 Å². The Morgan fingerprint density at radius 3 is 2.53 bits per heavy atom. The number of cyclic esters (lactones) is 1. The largest absolute Gasteiger partial charge is 0.423 e. The minimum Gasteiger partial charge on any atom is -0.423 e. The zero-order valence-corrected chi connectivity index (χ0v) is 20.2. The molecule has 5 rings (SSSR count). The molecule has 1 unspecified atom stereocenters. The summed E-state index contributed by atoms with van der Waals surface area (Å²) in [4.78, 5) is 45.6. The van der Waals surface area contributed by atoms with Crippen molar-refractivity contribution in [3.63, 3.8) is 0 Å². The molecule has 1 atom stereocenters. The number of rotatable bonds is 4. The molecule has 2 aliphatic rings. The van der Waals surface area contributed by atoms with Crippen LogP contribution in [0.25, 0.3) is 10.9 Å². The molecule has 1 aromatic heterocycles. The number of H-pyrrole nitrogens is 1. The zero-order chi connectivity index (χ0) is 25.6. The molecule has 3 amide bonds. The molecule has 3 aromatic rings. The fourth-order valence-corrected chi connectivity index (χ4v) is 4.57. The van der Waals surface area contributed by atoms with Crippen molar-refractivity contribution in [2.24, 2.45) is 0 Å². The van der Waals surface area contributed by atoms with Gasteiger partial charge < -0.3 is 19.5 Å². The standard InChI is InChI=1S/C24H23F2N5O4S/c1-28(24(34)36)21-13-31(23(33)35-21)16-3-5-20(17(26)12-16)29-6-8-30(9-7-29)22(32)19-11-14-10-15(25)2-4-18(14)27-19/h2-5,10-12,21,27H,6-9,13H2,1H3,(H,34,36). The molecule has 1 N–H and O–H groups in total. The number of carbonyl (C=O) groups is 3. The molecule has 0 bridgehead atoms. The molecule has 188 valence electrons. The van der Waals surface area contributed by atoms with Crippen LogP contribution in [0.2, 0.25) is 0 Å². The Hall–Kier alpha value is -3.80. The van der Waals surface area contributed by atoms with Crippen LogP contribution < -0.4 is 9.80 Å². The Bertz CT molecular complexity index is 1360. The Labute approximate surface area is 210 Å². The van der Waals surface area contributed by atoms with Crippen molar-refractivity contribution in [3.05, 3.63) is 59.8 Å². The number of fused-ring (bicyclic) bond motifs is 1. The summed E-state index contributed by atoms with van der Waals surface area (Å²) in [5.74, 6) is -1.09. The molecule has 12 heteroatoms. The first-order valence-electron chi connectivity index (χ1n) is 11.3. The molecule has 9 nitrogen and oxygen atoms in total. The van der Waals surface area contributed by atoms with Gasteiger partial charge in [-0.15, -0.1) is 0 Å². The fraction of sp³-hybridized carbons (Fsp3) is 0.292. The second kappa shape index (κ2) is 9.34. The van der Waals surface area contributed by atoms with Gasteiger partial charge in [-0.2, -0.15) is 0 Å². The van der Waals surface area contributed by atoms with E-state index in [1.54, 1.807) is 29.2 Å². The topological polar surface area (TPSA) is 89.2 Å². The van der Waals surface area contributed by atoms with Gasteiger partial charge in [-0.25, -0.2) is 13.6 Å². The van der Waals surface area contributed by atoms with Crippen LogP contribution in [-0.2, 0) is 4.74 Å². The first kappa shape index (κ1) is 23.9. The zero-order valence-electron chi connectivity index (χ0n) is 19.3. The number of amides is 3. The third-order valence-corrected chi connectivity index (χ3v) is 6.81. The van der Waals surface area contributed by atoms with E-state index < -0.39 is 23.4 Å². The number of thiol groups is 1. The van der Waals surface area contributed by atoms with Crippen LogP contribution in [0.4, 0.5) is 29.7 Å². The van der Waals surface area contributed by atoms with Gasteiger partial charge in [0, 0.05) is 44.1 Å². The van der Waals surface area contributed by atoms with Gasteiger partial charge in [0.25, 0.3) is 11.1 Å². The quantitative estimate of drug-likeness (QED) is 0.518. The maximum absolute atomic E-state index is 15.1. The van der Waals surface area contributed by atoms with E-state index in [0.717, 1.165) is 0 Å². The number of piperazine rings is 1. The second-order valence-electron chi connectivity index (χ2n) is 8.67. The Morgan fingerprint density at radius 1 is 1.08 bits per heavy atom. The van der Waals surface area contributed by atoms with E-state index in [-0.39, 0.29) is 18.3 Å². The molecule has 0 aliphatic carbocycles. The normalized spacial score (nSPS) is 18.1. The third kappa shape index (κ3) is 4.43. The number of likely N-dealkylation sites (N-methyl/N-ethyl adjacent to an activating group) is 1. The summed E-state index contributed by atoms with van der Waals surface area (Å²) in [6.45, 7) is 1.66. The summed E-state index contributed by atoms with van der Waals surface area (Å²) in [7, 11) is 1.46. The highest BCUT2D eigenvalue weighted by molar-refractivity contribution is 7.96. The highest BCUT2D eigenvalue weighted by Gasteiger charge is 2.36. The van der Waals surface area contributed by atoms with Crippen molar-refractivity contribution in [1.29, 1.82) is 0 Å². The molecule has 0 spiro atoms. The minimum absolute atomic E-state index is 0.0571. The predicted molar refractivity (Wildman–Crippen MR) is 133 cm³/mol. The van der Waals surface area contributed by atoms with Crippen LogP contribution in [0, 0.1) is 11.6 Å². The van der Waals surface area contributed by atoms with Gasteiger partial charge in [-0.3, -0.25) is 19.4 Å².